The molecule has 0 unspecified atom stereocenters. The highest BCUT2D eigenvalue weighted by Gasteiger charge is 2.30. The van der Waals surface area contributed by atoms with Gasteiger partial charge in [-0.3, -0.25) is 0 Å². The molecule has 0 amide bonds. The maximum Gasteiger partial charge on any atom is 0.191 e. The van der Waals surface area contributed by atoms with Crippen molar-refractivity contribution in [1.82, 2.24) is 10.3 Å². The predicted octanol–water partition coefficient (Wildman–Crippen LogP) is 1.71. The number of nitrogens with zero attached hydrogens (tertiary/aromatic N) is 2. The third-order valence-corrected chi connectivity index (χ3v) is 4.83. The summed E-state index contributed by atoms with van der Waals surface area (Å²) in [5.41, 5.74) is 8.00. The van der Waals surface area contributed by atoms with Crippen LogP contribution in [-0.4, -0.2) is 44.4 Å². The monoisotopic (exact) mass is 302 g/mol. The molecule has 0 aromatic carbocycles. The fourth-order valence-electron chi connectivity index (χ4n) is 3.43. The maximum atomic E-state index is 5.92. The highest BCUT2D eigenvalue weighted by atomic mass is 16.5. The van der Waals surface area contributed by atoms with Gasteiger partial charge in [-0.15, -0.1) is 0 Å². The first-order chi connectivity index (χ1) is 10.8. The zero-order valence-corrected chi connectivity index (χ0v) is 12.8. The highest BCUT2D eigenvalue weighted by molar-refractivity contribution is 5.93. The van der Waals surface area contributed by atoms with Crippen molar-refractivity contribution in [2.24, 2.45) is 0 Å². The lowest BCUT2D eigenvalue weighted by molar-refractivity contribution is 0.0854. The Morgan fingerprint density at radius 1 is 1.32 bits per heavy atom. The lowest BCUT2D eigenvalue weighted by Gasteiger charge is -2.40. The Balaban J connectivity index is 1.72. The standard InChI is InChI=1S/C16H22N4O2/c1-18-11-8-20(9-11)16-12-6-14(17)22-15(12)13(7-19-16)10-2-4-21-5-3-10/h6-7,10-11,18H,2-5,8-9,17H2,1H3. The lowest BCUT2D eigenvalue weighted by atomic mass is 9.92. The summed E-state index contributed by atoms with van der Waals surface area (Å²) >= 11 is 0. The van der Waals surface area contributed by atoms with Crippen molar-refractivity contribution in [3.63, 3.8) is 0 Å². The molecule has 22 heavy (non-hydrogen) atoms. The van der Waals surface area contributed by atoms with E-state index in [0.717, 1.165) is 55.9 Å². The first kappa shape index (κ1) is 13.8. The molecule has 0 bridgehead atoms. The van der Waals surface area contributed by atoms with Crippen molar-refractivity contribution >= 4 is 22.7 Å². The van der Waals surface area contributed by atoms with Crippen LogP contribution in [0.2, 0.25) is 0 Å². The number of aromatic nitrogens is 1. The summed E-state index contributed by atoms with van der Waals surface area (Å²) in [4.78, 5) is 7.00. The third-order valence-electron chi connectivity index (χ3n) is 4.83. The fourth-order valence-corrected chi connectivity index (χ4v) is 3.43. The van der Waals surface area contributed by atoms with E-state index in [4.69, 9.17) is 19.9 Å². The van der Waals surface area contributed by atoms with Gasteiger partial charge in [-0.25, -0.2) is 4.98 Å². The normalized spacial score (nSPS) is 20.5. The van der Waals surface area contributed by atoms with Crippen LogP contribution in [-0.2, 0) is 4.74 Å². The van der Waals surface area contributed by atoms with Crippen LogP contribution < -0.4 is 16.0 Å². The van der Waals surface area contributed by atoms with Gasteiger partial charge in [-0.1, -0.05) is 0 Å². The second-order valence-electron chi connectivity index (χ2n) is 6.21. The molecule has 0 aliphatic carbocycles. The van der Waals surface area contributed by atoms with Crippen molar-refractivity contribution in [3.8, 4) is 0 Å². The van der Waals surface area contributed by atoms with E-state index in [2.05, 4.69) is 10.2 Å². The number of hydrogen-bond donors (Lipinski definition) is 2. The molecule has 6 heteroatoms. The van der Waals surface area contributed by atoms with Crippen molar-refractivity contribution in [3.05, 3.63) is 17.8 Å². The van der Waals surface area contributed by atoms with E-state index >= 15 is 0 Å². The zero-order valence-electron chi connectivity index (χ0n) is 12.8. The van der Waals surface area contributed by atoms with Crippen LogP contribution in [0, 0.1) is 0 Å². The minimum absolute atomic E-state index is 0.449. The number of hydrogen-bond acceptors (Lipinski definition) is 6. The summed E-state index contributed by atoms with van der Waals surface area (Å²) in [5, 5.41) is 4.32. The van der Waals surface area contributed by atoms with Gasteiger partial charge in [0, 0.05) is 50.2 Å². The third kappa shape index (κ3) is 2.23. The van der Waals surface area contributed by atoms with Gasteiger partial charge in [-0.2, -0.15) is 0 Å². The molecule has 2 aliphatic heterocycles. The number of likely N-dealkylation sites (N-methyl/N-ethyl adjacent to an activating group) is 1. The number of rotatable bonds is 3. The van der Waals surface area contributed by atoms with Crippen molar-refractivity contribution in [1.29, 1.82) is 0 Å². The quantitative estimate of drug-likeness (QED) is 0.899. The summed E-state index contributed by atoms with van der Waals surface area (Å²) in [6.45, 7) is 3.56. The molecule has 2 aromatic rings. The molecule has 2 aliphatic rings. The molecule has 6 nitrogen and oxygen atoms in total. The largest absolute Gasteiger partial charge is 0.440 e. The Kier molecular flexibility index (Phi) is 3.43. The number of fused-ring (bicyclic) bond motifs is 1. The molecule has 4 rings (SSSR count). The molecule has 4 heterocycles. The molecule has 0 spiro atoms. The number of pyridine rings is 1. The Hall–Kier alpha value is -1.79. The molecule has 3 N–H and O–H groups in total. The van der Waals surface area contributed by atoms with Gasteiger partial charge < -0.3 is 25.1 Å². The second-order valence-corrected chi connectivity index (χ2v) is 6.21. The molecule has 2 aromatic heterocycles. The minimum Gasteiger partial charge on any atom is -0.440 e. The first-order valence-electron chi connectivity index (χ1n) is 7.94. The highest BCUT2D eigenvalue weighted by Crippen LogP contribution is 2.38. The maximum absolute atomic E-state index is 5.92. The number of furan rings is 1. The van der Waals surface area contributed by atoms with E-state index in [0.29, 0.717) is 17.8 Å². The SMILES string of the molecule is CNC1CN(c2ncc(C3CCOCC3)c3oc(N)cc23)C1. The molecule has 2 saturated heterocycles. The molecule has 0 saturated carbocycles. The first-order valence-corrected chi connectivity index (χ1v) is 7.94. The van der Waals surface area contributed by atoms with Crippen LogP contribution in [0.4, 0.5) is 11.7 Å². The van der Waals surface area contributed by atoms with E-state index in [1.165, 1.54) is 5.56 Å². The average Bonchev–Trinajstić information content (AvgIpc) is 2.88. The van der Waals surface area contributed by atoms with Gasteiger partial charge in [0.1, 0.15) is 11.4 Å². The van der Waals surface area contributed by atoms with Crippen LogP contribution >= 0.6 is 0 Å². The summed E-state index contributed by atoms with van der Waals surface area (Å²) < 4.78 is 11.3. The Morgan fingerprint density at radius 3 is 2.82 bits per heavy atom. The number of anilines is 2. The molecular formula is C16H22N4O2. The van der Waals surface area contributed by atoms with Gasteiger partial charge in [0.05, 0.1) is 5.39 Å². The zero-order chi connectivity index (χ0) is 15.1. The van der Waals surface area contributed by atoms with E-state index in [1.807, 2.05) is 19.3 Å². The second kappa shape index (κ2) is 5.44. The Labute approximate surface area is 129 Å². The lowest BCUT2D eigenvalue weighted by Crippen LogP contribution is -2.57. The van der Waals surface area contributed by atoms with Gasteiger partial charge in [0.15, 0.2) is 5.88 Å². The van der Waals surface area contributed by atoms with Crippen LogP contribution in [0.25, 0.3) is 11.0 Å². The van der Waals surface area contributed by atoms with E-state index < -0.39 is 0 Å². The topological polar surface area (TPSA) is 76.5 Å². The number of nitrogens with two attached hydrogens (primary N) is 1. The van der Waals surface area contributed by atoms with Crippen LogP contribution in [0.1, 0.15) is 24.3 Å². The molecular weight excluding hydrogens is 280 g/mol. The van der Waals surface area contributed by atoms with Crippen molar-refractivity contribution in [2.45, 2.75) is 24.8 Å². The van der Waals surface area contributed by atoms with E-state index in [-0.39, 0.29) is 0 Å². The van der Waals surface area contributed by atoms with E-state index in [9.17, 15) is 0 Å². The fraction of sp³-hybridized carbons (Fsp3) is 0.562. The molecule has 2 fully saturated rings. The van der Waals surface area contributed by atoms with Crippen LogP contribution in [0.5, 0.6) is 0 Å². The van der Waals surface area contributed by atoms with Crippen LogP contribution in [0.15, 0.2) is 16.7 Å². The van der Waals surface area contributed by atoms with Gasteiger partial charge in [-0.05, 0) is 25.8 Å². The summed E-state index contributed by atoms with van der Waals surface area (Å²) in [5.74, 6) is 1.89. The summed E-state index contributed by atoms with van der Waals surface area (Å²) in [6, 6.07) is 2.45. The van der Waals surface area contributed by atoms with Crippen molar-refractivity contribution in [2.75, 3.05) is 44.0 Å². The van der Waals surface area contributed by atoms with Crippen molar-refractivity contribution < 1.29 is 9.15 Å². The average molecular weight is 302 g/mol. The van der Waals surface area contributed by atoms with Gasteiger partial charge >= 0.3 is 0 Å². The Morgan fingerprint density at radius 2 is 2.09 bits per heavy atom. The summed E-state index contributed by atoms with van der Waals surface area (Å²) in [7, 11) is 2.00. The minimum atomic E-state index is 0.449. The Bertz CT molecular complexity index is 672. The van der Waals surface area contributed by atoms with E-state index in [1.54, 1.807) is 0 Å². The van der Waals surface area contributed by atoms with Gasteiger partial charge in [0.25, 0.3) is 0 Å². The van der Waals surface area contributed by atoms with Gasteiger partial charge in [0.2, 0.25) is 0 Å². The summed E-state index contributed by atoms with van der Waals surface area (Å²) in [6.07, 6.45) is 4.01. The molecule has 0 atom stereocenters. The predicted molar refractivity (Wildman–Crippen MR) is 86.3 cm³/mol. The molecule has 0 radical (unpaired) electrons. The number of nitrogens with one attached hydrogen (secondary N) is 1. The number of ether oxygens (including phenoxy) is 1. The number of nitrogen functional groups attached to an aromatic ring is 1. The van der Waals surface area contributed by atoms with Crippen LogP contribution in [0.3, 0.4) is 0 Å². The molecule has 118 valence electrons. The smallest absolute Gasteiger partial charge is 0.191 e.